The van der Waals surface area contributed by atoms with Crippen LogP contribution in [0.25, 0.3) is 0 Å². The molecule has 0 aromatic carbocycles. The van der Waals surface area contributed by atoms with Crippen molar-refractivity contribution < 1.29 is 4.42 Å². The molecule has 0 bridgehead atoms. The Kier molecular flexibility index (Phi) is 5.69. The molecule has 2 heterocycles. The van der Waals surface area contributed by atoms with E-state index in [1.165, 1.54) is 11.8 Å². The van der Waals surface area contributed by atoms with Gasteiger partial charge in [-0.25, -0.2) is 9.89 Å². The van der Waals surface area contributed by atoms with Crippen molar-refractivity contribution in [2.24, 2.45) is 0 Å². The number of nitrogens with one attached hydrogen (secondary N) is 2. The molecule has 0 fully saturated rings. The van der Waals surface area contributed by atoms with Gasteiger partial charge < -0.3 is 9.73 Å². The third kappa shape index (κ3) is 4.50. The summed E-state index contributed by atoms with van der Waals surface area (Å²) >= 11 is 1.51. The highest BCUT2D eigenvalue weighted by atomic mass is 32.2. The first-order valence-electron chi connectivity index (χ1n) is 7.19. The number of hydrogen-bond acceptors (Lipinski definition) is 5. The average molecular weight is 310 g/mol. The largest absolute Gasteiger partial charge is 0.464 e. The quantitative estimate of drug-likeness (QED) is 0.732. The van der Waals surface area contributed by atoms with E-state index in [1.807, 2.05) is 19.1 Å². The number of aromatic amines is 1. The minimum atomic E-state index is -0.152. The molecule has 0 amide bonds. The summed E-state index contributed by atoms with van der Waals surface area (Å²) in [5.74, 6) is 2.47. The Balaban J connectivity index is 1.93. The van der Waals surface area contributed by atoms with Crippen molar-refractivity contribution in [1.29, 1.82) is 0 Å². The molecule has 116 valence electrons. The lowest BCUT2D eigenvalue weighted by Gasteiger charge is -2.05. The zero-order valence-corrected chi connectivity index (χ0v) is 13.5. The lowest BCUT2D eigenvalue weighted by atomic mass is 10.3. The summed E-state index contributed by atoms with van der Waals surface area (Å²) in [4.78, 5) is 11.6. The molecular weight excluding hydrogens is 288 g/mol. The van der Waals surface area contributed by atoms with Crippen LogP contribution in [0.1, 0.15) is 38.7 Å². The second-order valence-corrected chi connectivity index (χ2v) is 6.10. The van der Waals surface area contributed by atoms with Gasteiger partial charge >= 0.3 is 5.69 Å². The van der Waals surface area contributed by atoms with Crippen molar-refractivity contribution in [2.45, 2.75) is 57.2 Å². The monoisotopic (exact) mass is 310 g/mol. The summed E-state index contributed by atoms with van der Waals surface area (Å²) in [5, 5.41) is 10.6. The average Bonchev–Trinajstić information content (AvgIpc) is 3.03. The Hall–Kier alpha value is -1.47. The normalized spacial score (nSPS) is 11.4. The van der Waals surface area contributed by atoms with Crippen LogP contribution in [0, 0.1) is 0 Å². The summed E-state index contributed by atoms with van der Waals surface area (Å²) in [6.45, 7) is 7.65. The molecule has 0 aliphatic carbocycles. The minimum absolute atomic E-state index is 0.152. The smallest absolute Gasteiger partial charge is 0.343 e. The van der Waals surface area contributed by atoms with Gasteiger partial charge in [0.1, 0.15) is 11.5 Å². The molecule has 0 saturated heterocycles. The fourth-order valence-electron chi connectivity index (χ4n) is 1.87. The van der Waals surface area contributed by atoms with E-state index in [9.17, 15) is 4.79 Å². The first-order chi connectivity index (χ1) is 10.1. The second-order valence-electron chi connectivity index (χ2n) is 5.16. The summed E-state index contributed by atoms with van der Waals surface area (Å²) in [5.41, 5.74) is -0.152. The molecule has 21 heavy (non-hydrogen) atoms. The molecule has 2 aromatic heterocycles. The first-order valence-corrected chi connectivity index (χ1v) is 8.17. The second kappa shape index (κ2) is 7.51. The molecule has 0 saturated carbocycles. The van der Waals surface area contributed by atoms with Gasteiger partial charge in [0.2, 0.25) is 0 Å². The van der Waals surface area contributed by atoms with Crippen LogP contribution in [0.4, 0.5) is 0 Å². The topological polar surface area (TPSA) is 75.8 Å². The molecular formula is C14H22N4O2S. The number of furan rings is 1. The van der Waals surface area contributed by atoms with Gasteiger partial charge in [-0.3, -0.25) is 4.57 Å². The molecule has 0 atom stereocenters. The standard InChI is InChI=1S/C14H22N4O2S/c1-4-7-18-13(19)16-17-14(18)21-9-12-6-5-11(20-12)8-15-10(2)3/h5-6,10,15H,4,7-9H2,1-3H3,(H,16,19). The van der Waals surface area contributed by atoms with Gasteiger partial charge in [-0.15, -0.1) is 5.10 Å². The summed E-state index contributed by atoms with van der Waals surface area (Å²) in [6, 6.07) is 4.38. The van der Waals surface area contributed by atoms with Gasteiger partial charge in [-0.1, -0.05) is 32.5 Å². The molecule has 6 nitrogen and oxygen atoms in total. The first kappa shape index (κ1) is 15.9. The van der Waals surface area contributed by atoms with Crippen LogP contribution < -0.4 is 11.0 Å². The van der Waals surface area contributed by atoms with Crippen molar-refractivity contribution in [3.8, 4) is 0 Å². The number of aromatic nitrogens is 3. The van der Waals surface area contributed by atoms with Crippen molar-refractivity contribution in [3.63, 3.8) is 0 Å². The highest BCUT2D eigenvalue weighted by Crippen LogP contribution is 2.21. The molecule has 0 aliphatic rings. The maximum absolute atomic E-state index is 11.6. The fourth-order valence-corrected chi connectivity index (χ4v) is 2.74. The van der Waals surface area contributed by atoms with E-state index in [0.29, 0.717) is 23.5 Å². The van der Waals surface area contributed by atoms with Crippen molar-refractivity contribution in [2.75, 3.05) is 0 Å². The van der Waals surface area contributed by atoms with Crippen LogP contribution in [0.2, 0.25) is 0 Å². The van der Waals surface area contributed by atoms with Crippen molar-refractivity contribution in [1.82, 2.24) is 20.1 Å². The maximum atomic E-state index is 11.6. The minimum Gasteiger partial charge on any atom is -0.464 e. The lowest BCUT2D eigenvalue weighted by molar-refractivity contribution is 0.445. The molecule has 2 N–H and O–H groups in total. The van der Waals surface area contributed by atoms with Gasteiger partial charge in [0.15, 0.2) is 5.16 Å². The Morgan fingerprint density at radius 1 is 1.43 bits per heavy atom. The molecule has 7 heteroatoms. The molecule has 0 spiro atoms. The van der Waals surface area contributed by atoms with Crippen LogP contribution >= 0.6 is 11.8 Å². The summed E-state index contributed by atoms with van der Waals surface area (Å²) in [7, 11) is 0. The Morgan fingerprint density at radius 2 is 2.19 bits per heavy atom. The van der Waals surface area contributed by atoms with E-state index in [4.69, 9.17) is 4.42 Å². The number of rotatable bonds is 8. The van der Waals surface area contributed by atoms with E-state index in [0.717, 1.165) is 24.5 Å². The Labute approximate surface area is 128 Å². The van der Waals surface area contributed by atoms with E-state index in [-0.39, 0.29) is 5.69 Å². The van der Waals surface area contributed by atoms with E-state index in [2.05, 4.69) is 29.4 Å². The van der Waals surface area contributed by atoms with Crippen LogP contribution in [0.3, 0.4) is 0 Å². The van der Waals surface area contributed by atoms with Gasteiger partial charge in [-0.05, 0) is 18.6 Å². The summed E-state index contributed by atoms with van der Waals surface area (Å²) in [6.07, 6.45) is 0.902. The summed E-state index contributed by atoms with van der Waals surface area (Å²) < 4.78 is 7.42. The molecule has 2 rings (SSSR count). The van der Waals surface area contributed by atoms with Gasteiger partial charge in [0, 0.05) is 12.6 Å². The lowest BCUT2D eigenvalue weighted by Crippen LogP contribution is -2.21. The zero-order chi connectivity index (χ0) is 15.2. The number of thioether (sulfide) groups is 1. The van der Waals surface area contributed by atoms with E-state index >= 15 is 0 Å². The van der Waals surface area contributed by atoms with E-state index in [1.54, 1.807) is 4.57 Å². The predicted octanol–water partition coefficient (Wildman–Crippen LogP) is 2.36. The fraction of sp³-hybridized carbons (Fsp3) is 0.571. The highest BCUT2D eigenvalue weighted by molar-refractivity contribution is 7.98. The van der Waals surface area contributed by atoms with Crippen LogP contribution in [-0.4, -0.2) is 20.8 Å². The van der Waals surface area contributed by atoms with Gasteiger partial charge in [0.25, 0.3) is 0 Å². The van der Waals surface area contributed by atoms with Crippen LogP contribution in [0.5, 0.6) is 0 Å². The maximum Gasteiger partial charge on any atom is 0.343 e. The highest BCUT2D eigenvalue weighted by Gasteiger charge is 2.10. The molecule has 0 aliphatic heterocycles. The SMILES string of the molecule is CCCn1c(SCc2ccc(CNC(C)C)o2)n[nH]c1=O. The number of hydrogen-bond donors (Lipinski definition) is 2. The van der Waals surface area contributed by atoms with Gasteiger partial charge in [-0.2, -0.15) is 0 Å². The van der Waals surface area contributed by atoms with Crippen LogP contribution in [-0.2, 0) is 18.8 Å². The number of nitrogens with zero attached hydrogens (tertiary/aromatic N) is 2. The Bertz CT molecular complexity index is 615. The third-order valence-corrected chi connectivity index (χ3v) is 3.91. The molecule has 2 aromatic rings. The van der Waals surface area contributed by atoms with Crippen LogP contribution in [0.15, 0.2) is 26.5 Å². The number of H-pyrrole nitrogens is 1. The molecule has 0 unspecified atom stereocenters. The van der Waals surface area contributed by atoms with Crippen molar-refractivity contribution >= 4 is 11.8 Å². The van der Waals surface area contributed by atoms with E-state index < -0.39 is 0 Å². The predicted molar refractivity (Wildman–Crippen MR) is 83.4 cm³/mol. The van der Waals surface area contributed by atoms with Crippen molar-refractivity contribution in [3.05, 3.63) is 34.1 Å². The zero-order valence-electron chi connectivity index (χ0n) is 12.7. The Morgan fingerprint density at radius 3 is 2.90 bits per heavy atom. The molecule has 0 radical (unpaired) electrons. The van der Waals surface area contributed by atoms with Gasteiger partial charge in [0.05, 0.1) is 12.3 Å². The third-order valence-electron chi connectivity index (χ3n) is 2.92.